The zero-order chi connectivity index (χ0) is 0. The molecule has 0 aliphatic rings. The molecule has 0 aliphatic heterocycles. The van der Waals surface area contributed by atoms with Crippen LogP contribution in [0, 0.1) is 0 Å². The molecular weight excluding hydrogens is 95.9 g/mol. The van der Waals surface area contributed by atoms with E-state index in [1.807, 2.05) is 0 Å². The van der Waals surface area contributed by atoms with E-state index in [0.717, 1.165) is 0 Å². The standard InChI is InChI=1S/2H2O.O.Ti/h2*1H2;;/q;;-2;+4/p-2. The van der Waals surface area contributed by atoms with Crippen LogP contribution in [0.4, 0.5) is 0 Å². The maximum Gasteiger partial charge on any atom is 4.00 e. The van der Waals surface area contributed by atoms with E-state index >= 15 is 0 Å². The third-order valence-electron chi connectivity index (χ3n) is 0. The van der Waals surface area contributed by atoms with Crippen molar-refractivity contribution in [1.29, 1.82) is 0 Å². The first kappa shape index (κ1) is 168. The Hall–Kier alpha value is 0.594. The minimum atomic E-state index is 0. The van der Waals surface area contributed by atoms with Crippen LogP contribution >= 0.6 is 0 Å². The van der Waals surface area contributed by atoms with Gasteiger partial charge in [-0.05, 0) is 0 Å². The van der Waals surface area contributed by atoms with Crippen LogP contribution in [0.3, 0.4) is 0 Å². The molecule has 0 bridgehead atoms. The van der Waals surface area contributed by atoms with Crippen molar-refractivity contribution in [2.75, 3.05) is 0 Å². The molecule has 0 fully saturated rings. The average molecular weight is 97.9 g/mol. The molecule has 0 rings (SSSR count). The minimum absolute atomic E-state index is 0. The molecule has 0 aromatic heterocycles. The van der Waals surface area contributed by atoms with E-state index in [1.54, 1.807) is 0 Å². The van der Waals surface area contributed by atoms with E-state index in [-0.39, 0.29) is 38.1 Å². The molecule has 4 heavy (non-hydrogen) atoms. The number of hydrogen-bond donors (Lipinski definition) is 0. The van der Waals surface area contributed by atoms with Crippen LogP contribution in [0.25, 0.3) is 0 Å². The third kappa shape index (κ3) is 18.7. The second-order valence-corrected chi connectivity index (χ2v) is 0. The first-order valence-corrected chi connectivity index (χ1v) is 0. The summed E-state index contributed by atoms with van der Waals surface area (Å²) in [6, 6.07) is 0. The summed E-state index contributed by atoms with van der Waals surface area (Å²) in [5.41, 5.74) is 0. The molecule has 0 spiro atoms. The predicted molar refractivity (Wildman–Crippen MR) is 4.56 cm³/mol. The van der Waals surface area contributed by atoms with Crippen LogP contribution in [0.2, 0.25) is 0 Å². The zero-order valence-corrected chi connectivity index (χ0v) is 3.36. The van der Waals surface area contributed by atoms with Crippen molar-refractivity contribution in [3.8, 4) is 0 Å². The average Bonchev–Trinajstić information content (AvgIpc) is 0. The summed E-state index contributed by atoms with van der Waals surface area (Å²) in [6.45, 7) is 0. The van der Waals surface area contributed by atoms with Crippen LogP contribution in [-0.4, -0.2) is 11.0 Å². The largest absolute Gasteiger partial charge is 4.00 e. The number of hydrogen-bond acceptors (Lipinski definition) is 2. The second-order valence-electron chi connectivity index (χ2n) is 0. The Labute approximate surface area is 38.8 Å². The van der Waals surface area contributed by atoms with Gasteiger partial charge in [0.1, 0.15) is 0 Å². The van der Waals surface area contributed by atoms with E-state index in [1.165, 1.54) is 0 Å². The Kier molecular flexibility index (Phi) is 2880. The zero-order valence-electron chi connectivity index (χ0n) is 1.80. The van der Waals surface area contributed by atoms with Gasteiger partial charge in [-0.3, -0.25) is 0 Å². The summed E-state index contributed by atoms with van der Waals surface area (Å²) in [4.78, 5) is 0. The van der Waals surface area contributed by atoms with Gasteiger partial charge in [0, 0.05) is 0 Å². The van der Waals surface area contributed by atoms with E-state index in [0.29, 0.717) is 0 Å². The summed E-state index contributed by atoms with van der Waals surface area (Å²) in [5.74, 6) is 0. The topological polar surface area (TPSA) is 88.5 Å². The van der Waals surface area contributed by atoms with Crippen molar-refractivity contribution in [2.24, 2.45) is 0 Å². The van der Waals surface area contributed by atoms with Crippen LogP contribution in [0.15, 0.2) is 0 Å². The third-order valence-corrected chi connectivity index (χ3v) is 0. The fraction of sp³-hybridized carbons (Fsp3) is 0. The van der Waals surface area contributed by atoms with Gasteiger partial charge >= 0.3 is 21.7 Å². The monoisotopic (exact) mass is 97.9 g/mol. The van der Waals surface area contributed by atoms with E-state index in [4.69, 9.17) is 0 Å². The first-order valence-electron chi connectivity index (χ1n) is 0. The summed E-state index contributed by atoms with van der Waals surface area (Å²) in [7, 11) is 0. The second kappa shape index (κ2) is 68.5. The van der Waals surface area contributed by atoms with E-state index in [2.05, 4.69) is 0 Å². The summed E-state index contributed by atoms with van der Waals surface area (Å²) >= 11 is 0. The number of rotatable bonds is 0. The Morgan fingerprint density at radius 2 is 0.750 bits per heavy atom. The van der Waals surface area contributed by atoms with Gasteiger partial charge in [0.15, 0.2) is 0 Å². The van der Waals surface area contributed by atoms with Crippen LogP contribution in [0.1, 0.15) is 0 Å². The van der Waals surface area contributed by atoms with Crippen molar-refractivity contribution in [2.45, 2.75) is 0 Å². The maximum absolute atomic E-state index is 0. The molecule has 4 heteroatoms. The van der Waals surface area contributed by atoms with E-state index in [9.17, 15) is 0 Å². The minimum Gasteiger partial charge on any atom is -2.00 e. The normalized spacial score (nSPS) is 0. The van der Waals surface area contributed by atoms with Crippen molar-refractivity contribution < 1.29 is 38.1 Å². The fourth-order valence-electron chi connectivity index (χ4n) is 0. The Bertz CT molecular complexity index is 3.25. The van der Waals surface area contributed by atoms with Crippen molar-refractivity contribution >= 4 is 0 Å². The summed E-state index contributed by atoms with van der Waals surface area (Å²) in [6.07, 6.45) is 0. The summed E-state index contributed by atoms with van der Waals surface area (Å²) in [5, 5.41) is 0. The van der Waals surface area contributed by atoms with Gasteiger partial charge in [0.05, 0.1) is 0 Å². The summed E-state index contributed by atoms with van der Waals surface area (Å²) < 4.78 is 0. The van der Waals surface area contributed by atoms with Gasteiger partial charge < -0.3 is 16.4 Å². The molecule has 0 aliphatic carbocycles. The smallest absolute Gasteiger partial charge is 2.00 e. The van der Waals surface area contributed by atoms with E-state index < -0.39 is 0 Å². The molecule has 0 amide bonds. The predicted octanol–water partition coefficient (Wildman–Crippen LogP) is -0.475. The molecule has 0 heterocycles. The first-order chi connectivity index (χ1) is 0. The molecule has 24 valence electrons. The Balaban J connectivity index is 0. The molecule has 0 aromatic rings. The fourth-order valence-corrected chi connectivity index (χ4v) is 0. The molecule has 0 saturated carbocycles. The van der Waals surface area contributed by atoms with Crippen LogP contribution in [0.5, 0.6) is 0 Å². The molecule has 0 unspecified atom stereocenters. The van der Waals surface area contributed by atoms with Crippen LogP contribution < -0.4 is 0 Å². The Morgan fingerprint density at radius 1 is 0.750 bits per heavy atom. The van der Waals surface area contributed by atoms with Gasteiger partial charge in [-0.15, -0.1) is 0 Å². The molecule has 0 radical (unpaired) electrons. The van der Waals surface area contributed by atoms with Crippen LogP contribution in [-0.2, 0) is 27.2 Å². The molecule has 0 aromatic carbocycles. The van der Waals surface area contributed by atoms with Gasteiger partial charge in [-0.25, -0.2) is 0 Å². The van der Waals surface area contributed by atoms with Crippen molar-refractivity contribution in [3.05, 3.63) is 0 Å². The Morgan fingerprint density at radius 3 is 0.750 bits per heavy atom. The van der Waals surface area contributed by atoms with Crippen molar-refractivity contribution in [3.63, 3.8) is 0 Å². The van der Waals surface area contributed by atoms with Gasteiger partial charge in [-0.2, -0.15) is 0 Å². The molecule has 3 nitrogen and oxygen atoms in total. The molecule has 2 N–H and O–H groups in total. The SMILES string of the molecule is [O-2].[OH-].[OH-].[Ti+4]. The van der Waals surface area contributed by atoms with Gasteiger partial charge in [-0.1, -0.05) is 0 Å². The maximum atomic E-state index is 0. The van der Waals surface area contributed by atoms with Gasteiger partial charge in [0.2, 0.25) is 0 Å². The van der Waals surface area contributed by atoms with Gasteiger partial charge in [0.25, 0.3) is 0 Å². The molecule has 0 atom stereocenters. The van der Waals surface area contributed by atoms with Crippen molar-refractivity contribution in [1.82, 2.24) is 0 Å². The molecule has 0 saturated heterocycles. The molecular formula is H2O3Ti. The quantitative estimate of drug-likeness (QED) is 0.383.